The number of amides is 1. The molecule has 114 valence electrons. The van der Waals surface area contributed by atoms with Crippen LogP contribution in [0.2, 0.25) is 0 Å². The molecule has 1 aromatic carbocycles. The third kappa shape index (κ3) is 2.30. The summed E-state index contributed by atoms with van der Waals surface area (Å²) in [4.78, 5) is 12.3. The Morgan fingerprint density at radius 1 is 1.27 bits per heavy atom. The van der Waals surface area contributed by atoms with Gasteiger partial charge in [0.15, 0.2) is 0 Å². The zero-order valence-corrected chi connectivity index (χ0v) is 12.6. The van der Waals surface area contributed by atoms with Gasteiger partial charge in [-0.2, -0.15) is 0 Å². The lowest BCUT2D eigenvalue weighted by molar-refractivity contribution is -0.123. The highest BCUT2D eigenvalue weighted by Crippen LogP contribution is 2.57. The van der Waals surface area contributed by atoms with E-state index in [1.807, 2.05) is 43.5 Å². The molecule has 1 aromatic heterocycles. The molecule has 2 aliphatic rings. The Morgan fingerprint density at radius 2 is 2.00 bits per heavy atom. The molecule has 22 heavy (non-hydrogen) atoms. The molecule has 5 nitrogen and oxygen atoms in total. The maximum Gasteiger partial charge on any atom is 0.224 e. The summed E-state index contributed by atoms with van der Waals surface area (Å²) >= 11 is 0. The van der Waals surface area contributed by atoms with Crippen molar-refractivity contribution in [2.45, 2.75) is 32.2 Å². The van der Waals surface area contributed by atoms with Crippen molar-refractivity contribution in [2.75, 3.05) is 0 Å². The highest BCUT2D eigenvalue weighted by molar-refractivity contribution is 5.82. The Balaban J connectivity index is 1.42. The number of hydrogen-bond acceptors (Lipinski definition) is 3. The molecule has 2 saturated carbocycles. The van der Waals surface area contributed by atoms with Crippen molar-refractivity contribution in [3.8, 4) is 5.69 Å². The minimum absolute atomic E-state index is 0.105. The number of fused-ring (bicyclic) bond motifs is 1. The number of aromatic nitrogens is 3. The fourth-order valence-electron chi connectivity index (χ4n) is 3.78. The Labute approximate surface area is 129 Å². The van der Waals surface area contributed by atoms with E-state index in [1.165, 1.54) is 19.3 Å². The van der Waals surface area contributed by atoms with Crippen molar-refractivity contribution < 1.29 is 4.79 Å². The molecule has 0 unspecified atom stereocenters. The molecular weight excluding hydrogens is 276 g/mol. The topological polar surface area (TPSA) is 59.8 Å². The van der Waals surface area contributed by atoms with Gasteiger partial charge in [0, 0.05) is 5.92 Å². The molecule has 2 aromatic rings. The van der Waals surface area contributed by atoms with Crippen molar-refractivity contribution in [3.63, 3.8) is 0 Å². The van der Waals surface area contributed by atoms with Crippen LogP contribution in [0.5, 0.6) is 0 Å². The van der Waals surface area contributed by atoms with Gasteiger partial charge in [-0.3, -0.25) is 4.79 Å². The molecule has 0 bridgehead atoms. The Kier molecular flexibility index (Phi) is 3.21. The summed E-state index contributed by atoms with van der Waals surface area (Å²) in [5, 5.41) is 11.4. The summed E-state index contributed by atoms with van der Waals surface area (Å²) in [6.07, 6.45) is 5.62. The predicted molar refractivity (Wildman–Crippen MR) is 82.2 cm³/mol. The second kappa shape index (κ2) is 5.23. The summed E-state index contributed by atoms with van der Waals surface area (Å²) in [5.74, 6) is 1.73. The molecule has 1 amide bonds. The molecule has 0 radical (unpaired) electrons. The number of benzene rings is 1. The fourth-order valence-corrected chi connectivity index (χ4v) is 3.78. The van der Waals surface area contributed by atoms with E-state index in [9.17, 15) is 4.79 Å². The van der Waals surface area contributed by atoms with Crippen molar-refractivity contribution in [3.05, 3.63) is 42.2 Å². The van der Waals surface area contributed by atoms with Gasteiger partial charge < -0.3 is 5.32 Å². The van der Waals surface area contributed by atoms with Crippen LogP contribution in [0.3, 0.4) is 0 Å². The van der Waals surface area contributed by atoms with E-state index in [4.69, 9.17) is 0 Å². The molecule has 2 aliphatic carbocycles. The molecule has 1 N–H and O–H groups in total. The van der Waals surface area contributed by atoms with Crippen molar-refractivity contribution in [2.24, 2.45) is 17.8 Å². The van der Waals surface area contributed by atoms with E-state index in [2.05, 4.69) is 15.6 Å². The van der Waals surface area contributed by atoms with E-state index in [1.54, 1.807) is 4.68 Å². The second-order valence-electron chi connectivity index (χ2n) is 6.44. The number of hydrogen-bond donors (Lipinski definition) is 1. The molecule has 1 heterocycles. The van der Waals surface area contributed by atoms with Crippen molar-refractivity contribution in [1.29, 1.82) is 0 Å². The van der Waals surface area contributed by atoms with Crippen LogP contribution in [0.1, 0.15) is 37.9 Å². The van der Waals surface area contributed by atoms with Gasteiger partial charge in [0.25, 0.3) is 0 Å². The summed E-state index contributed by atoms with van der Waals surface area (Å²) in [6.45, 7) is 1.97. The first-order valence-electron chi connectivity index (χ1n) is 8.02. The lowest BCUT2D eigenvalue weighted by atomic mass is 10.1. The highest BCUT2D eigenvalue weighted by atomic mass is 16.2. The SMILES string of the molecule is C[C@H](NC(=O)C1[C@H]2CCC[C@H]12)c1cn(-c2ccccc2)nn1. The van der Waals surface area contributed by atoms with E-state index in [-0.39, 0.29) is 17.9 Å². The summed E-state index contributed by atoms with van der Waals surface area (Å²) in [6, 6.07) is 9.75. The Bertz CT molecular complexity index is 671. The fraction of sp³-hybridized carbons (Fsp3) is 0.471. The standard InChI is InChI=1S/C17H20N4O/c1-11(18-17(22)16-13-8-5-9-14(13)16)15-10-21(20-19-15)12-6-3-2-4-7-12/h2-4,6-7,10-11,13-14,16H,5,8-9H2,1H3,(H,18,22)/t11-,13-,14-/m0/s1. The largest absolute Gasteiger partial charge is 0.348 e. The minimum atomic E-state index is -0.105. The van der Waals surface area contributed by atoms with E-state index >= 15 is 0 Å². The van der Waals surface area contributed by atoms with Gasteiger partial charge in [-0.15, -0.1) is 5.10 Å². The molecule has 5 heteroatoms. The van der Waals surface area contributed by atoms with Crippen LogP contribution in [0.4, 0.5) is 0 Å². The quantitative estimate of drug-likeness (QED) is 0.943. The van der Waals surface area contributed by atoms with Gasteiger partial charge in [-0.05, 0) is 43.7 Å². The predicted octanol–water partition coefficient (Wildman–Crippen LogP) is 2.49. The van der Waals surface area contributed by atoms with Gasteiger partial charge in [0.05, 0.1) is 17.9 Å². The van der Waals surface area contributed by atoms with Crippen LogP contribution in [0, 0.1) is 17.8 Å². The summed E-state index contributed by atoms with van der Waals surface area (Å²) < 4.78 is 1.74. The third-order valence-corrected chi connectivity index (χ3v) is 5.04. The number of carbonyl (C=O) groups excluding carboxylic acids is 1. The lowest BCUT2D eigenvalue weighted by Gasteiger charge is -2.11. The molecular formula is C17H20N4O. The van der Waals surface area contributed by atoms with Crippen LogP contribution >= 0.6 is 0 Å². The third-order valence-electron chi connectivity index (χ3n) is 5.04. The van der Waals surface area contributed by atoms with Gasteiger partial charge in [0.1, 0.15) is 5.69 Å². The molecule has 3 atom stereocenters. The zero-order chi connectivity index (χ0) is 15.1. The second-order valence-corrected chi connectivity index (χ2v) is 6.44. The molecule has 4 rings (SSSR count). The van der Waals surface area contributed by atoms with Crippen LogP contribution in [0.25, 0.3) is 5.69 Å². The van der Waals surface area contributed by atoms with Gasteiger partial charge in [-0.25, -0.2) is 4.68 Å². The van der Waals surface area contributed by atoms with Crippen LogP contribution in [0.15, 0.2) is 36.5 Å². The van der Waals surface area contributed by atoms with E-state index in [0.29, 0.717) is 11.8 Å². The Morgan fingerprint density at radius 3 is 2.73 bits per heavy atom. The normalized spacial score (nSPS) is 27.2. The van der Waals surface area contributed by atoms with Crippen LogP contribution in [-0.4, -0.2) is 20.9 Å². The van der Waals surface area contributed by atoms with Crippen molar-refractivity contribution in [1.82, 2.24) is 20.3 Å². The Hall–Kier alpha value is -2.17. The average molecular weight is 296 g/mol. The first-order chi connectivity index (χ1) is 10.7. The number of nitrogens with zero attached hydrogens (tertiary/aromatic N) is 3. The number of nitrogens with one attached hydrogen (secondary N) is 1. The zero-order valence-electron chi connectivity index (χ0n) is 12.6. The van der Waals surface area contributed by atoms with Gasteiger partial charge >= 0.3 is 0 Å². The van der Waals surface area contributed by atoms with E-state index < -0.39 is 0 Å². The molecule has 0 saturated heterocycles. The van der Waals surface area contributed by atoms with Gasteiger partial charge in [0.2, 0.25) is 5.91 Å². The highest BCUT2D eigenvalue weighted by Gasteiger charge is 2.56. The maximum atomic E-state index is 12.3. The summed E-state index contributed by atoms with van der Waals surface area (Å²) in [7, 11) is 0. The summed E-state index contributed by atoms with van der Waals surface area (Å²) in [5.41, 5.74) is 1.76. The maximum absolute atomic E-state index is 12.3. The smallest absolute Gasteiger partial charge is 0.224 e. The van der Waals surface area contributed by atoms with Crippen LogP contribution < -0.4 is 5.32 Å². The first kappa shape index (κ1) is 13.5. The molecule has 0 spiro atoms. The average Bonchev–Trinajstić information content (AvgIpc) is 2.95. The van der Waals surface area contributed by atoms with Gasteiger partial charge in [-0.1, -0.05) is 29.8 Å². The monoisotopic (exact) mass is 296 g/mol. The lowest BCUT2D eigenvalue weighted by Crippen LogP contribution is -2.29. The molecule has 0 aliphatic heterocycles. The van der Waals surface area contributed by atoms with Crippen molar-refractivity contribution >= 4 is 5.91 Å². The number of carbonyl (C=O) groups is 1. The molecule has 2 fully saturated rings. The number of rotatable bonds is 4. The van der Waals surface area contributed by atoms with E-state index in [0.717, 1.165) is 11.4 Å². The van der Waals surface area contributed by atoms with Crippen LogP contribution in [-0.2, 0) is 4.79 Å². The number of para-hydroxylation sites is 1. The first-order valence-corrected chi connectivity index (χ1v) is 8.02. The minimum Gasteiger partial charge on any atom is -0.348 e.